The number of nitrogens with zero attached hydrogens (tertiary/aromatic N) is 1. The molecule has 0 aliphatic carbocycles. The van der Waals surface area contributed by atoms with Crippen molar-refractivity contribution < 1.29 is 9.84 Å². The van der Waals surface area contributed by atoms with Gasteiger partial charge in [-0.25, -0.2) is 4.98 Å². The standard InChI is InChI=1S/C9H14N2O2/c1-7(10)8-3-2-4-11-9(8)13-6-5-12/h2-4,7,12H,5-6,10H2,1H3. The SMILES string of the molecule is CC(N)c1cccnc1OCCO. The first-order valence-electron chi connectivity index (χ1n) is 4.20. The van der Waals surface area contributed by atoms with E-state index >= 15 is 0 Å². The van der Waals surface area contributed by atoms with Crippen LogP contribution in [0.4, 0.5) is 0 Å². The first-order chi connectivity index (χ1) is 6.25. The average molecular weight is 182 g/mol. The van der Waals surface area contributed by atoms with Gasteiger partial charge in [-0.2, -0.15) is 0 Å². The first kappa shape index (κ1) is 9.95. The summed E-state index contributed by atoms with van der Waals surface area (Å²) in [5.41, 5.74) is 6.56. The normalized spacial score (nSPS) is 12.5. The first-order valence-corrected chi connectivity index (χ1v) is 4.20. The zero-order valence-electron chi connectivity index (χ0n) is 7.60. The Bertz CT molecular complexity index is 264. The molecular weight excluding hydrogens is 168 g/mol. The van der Waals surface area contributed by atoms with Gasteiger partial charge in [-0.1, -0.05) is 6.07 Å². The number of aliphatic hydroxyl groups is 1. The summed E-state index contributed by atoms with van der Waals surface area (Å²) in [6.45, 7) is 2.09. The molecule has 1 aromatic heterocycles. The van der Waals surface area contributed by atoms with Crippen molar-refractivity contribution in [1.82, 2.24) is 4.98 Å². The van der Waals surface area contributed by atoms with Crippen molar-refractivity contribution in [3.8, 4) is 5.88 Å². The summed E-state index contributed by atoms with van der Waals surface area (Å²) in [6.07, 6.45) is 1.64. The van der Waals surface area contributed by atoms with Crippen LogP contribution in [0.1, 0.15) is 18.5 Å². The highest BCUT2D eigenvalue weighted by atomic mass is 16.5. The third-order valence-corrected chi connectivity index (χ3v) is 1.62. The zero-order chi connectivity index (χ0) is 9.68. The van der Waals surface area contributed by atoms with Gasteiger partial charge in [0.25, 0.3) is 0 Å². The van der Waals surface area contributed by atoms with Crippen LogP contribution in [0.3, 0.4) is 0 Å². The van der Waals surface area contributed by atoms with Crippen molar-refractivity contribution in [2.75, 3.05) is 13.2 Å². The molecule has 0 aliphatic rings. The van der Waals surface area contributed by atoms with Gasteiger partial charge in [0.05, 0.1) is 6.61 Å². The minimum Gasteiger partial charge on any atom is -0.475 e. The number of rotatable bonds is 4. The predicted molar refractivity (Wildman–Crippen MR) is 49.4 cm³/mol. The van der Waals surface area contributed by atoms with Gasteiger partial charge >= 0.3 is 0 Å². The van der Waals surface area contributed by atoms with Gasteiger partial charge in [-0.3, -0.25) is 0 Å². The fraction of sp³-hybridized carbons (Fsp3) is 0.444. The lowest BCUT2D eigenvalue weighted by molar-refractivity contribution is 0.195. The quantitative estimate of drug-likeness (QED) is 0.710. The molecule has 0 aromatic carbocycles. The molecule has 0 amide bonds. The fourth-order valence-corrected chi connectivity index (χ4v) is 1.01. The highest BCUT2D eigenvalue weighted by Crippen LogP contribution is 2.19. The van der Waals surface area contributed by atoms with Gasteiger partial charge in [0.1, 0.15) is 6.61 Å². The molecule has 0 spiro atoms. The number of pyridine rings is 1. The van der Waals surface area contributed by atoms with Crippen LogP contribution in [0.2, 0.25) is 0 Å². The number of aliphatic hydroxyl groups excluding tert-OH is 1. The second kappa shape index (κ2) is 4.79. The van der Waals surface area contributed by atoms with Crippen molar-refractivity contribution in [2.24, 2.45) is 5.73 Å². The maximum absolute atomic E-state index is 8.57. The summed E-state index contributed by atoms with van der Waals surface area (Å²) >= 11 is 0. The molecule has 0 bridgehead atoms. The summed E-state index contributed by atoms with van der Waals surface area (Å²) in [6, 6.07) is 3.57. The van der Waals surface area contributed by atoms with Crippen LogP contribution < -0.4 is 10.5 Å². The lowest BCUT2D eigenvalue weighted by Crippen LogP contribution is -2.10. The maximum Gasteiger partial charge on any atom is 0.218 e. The van der Waals surface area contributed by atoms with Crippen LogP contribution in [-0.4, -0.2) is 23.3 Å². The van der Waals surface area contributed by atoms with E-state index in [4.69, 9.17) is 15.6 Å². The number of ether oxygens (including phenoxy) is 1. The minimum absolute atomic E-state index is 0.0189. The highest BCUT2D eigenvalue weighted by Gasteiger charge is 2.07. The Kier molecular flexibility index (Phi) is 3.67. The molecule has 1 heterocycles. The van der Waals surface area contributed by atoms with E-state index in [9.17, 15) is 0 Å². The summed E-state index contributed by atoms with van der Waals surface area (Å²) in [5, 5.41) is 8.57. The van der Waals surface area contributed by atoms with Gasteiger partial charge in [0, 0.05) is 17.8 Å². The molecule has 0 fully saturated rings. The van der Waals surface area contributed by atoms with E-state index in [1.165, 1.54) is 0 Å². The number of aromatic nitrogens is 1. The number of hydrogen-bond donors (Lipinski definition) is 2. The monoisotopic (exact) mass is 182 g/mol. The van der Waals surface area contributed by atoms with Crippen LogP contribution in [0, 0.1) is 0 Å². The van der Waals surface area contributed by atoms with Crippen LogP contribution in [-0.2, 0) is 0 Å². The summed E-state index contributed by atoms with van der Waals surface area (Å²) in [5.74, 6) is 0.506. The Morgan fingerprint density at radius 3 is 3.08 bits per heavy atom. The third-order valence-electron chi connectivity index (χ3n) is 1.62. The molecule has 0 aliphatic heterocycles. The van der Waals surface area contributed by atoms with Gasteiger partial charge in [0.2, 0.25) is 5.88 Å². The van der Waals surface area contributed by atoms with Crippen LogP contribution in [0.15, 0.2) is 18.3 Å². The van der Waals surface area contributed by atoms with Crippen molar-refractivity contribution in [1.29, 1.82) is 0 Å². The van der Waals surface area contributed by atoms with E-state index in [0.717, 1.165) is 5.56 Å². The van der Waals surface area contributed by atoms with Crippen molar-refractivity contribution in [3.63, 3.8) is 0 Å². The van der Waals surface area contributed by atoms with E-state index in [0.29, 0.717) is 5.88 Å². The van der Waals surface area contributed by atoms with Crippen molar-refractivity contribution >= 4 is 0 Å². The average Bonchev–Trinajstić information content (AvgIpc) is 2.15. The molecule has 0 radical (unpaired) electrons. The Hall–Kier alpha value is -1.13. The van der Waals surface area contributed by atoms with Crippen molar-refractivity contribution in [2.45, 2.75) is 13.0 Å². The predicted octanol–water partition coefficient (Wildman–Crippen LogP) is 0.472. The van der Waals surface area contributed by atoms with Gasteiger partial charge in [-0.05, 0) is 13.0 Å². The van der Waals surface area contributed by atoms with Crippen LogP contribution in [0.25, 0.3) is 0 Å². The van der Waals surface area contributed by atoms with E-state index < -0.39 is 0 Å². The highest BCUT2D eigenvalue weighted by molar-refractivity contribution is 5.27. The molecule has 0 saturated heterocycles. The molecule has 4 nitrogen and oxygen atoms in total. The fourth-order valence-electron chi connectivity index (χ4n) is 1.01. The van der Waals surface area contributed by atoms with Crippen molar-refractivity contribution in [3.05, 3.63) is 23.9 Å². The summed E-state index contributed by atoms with van der Waals surface area (Å²) in [4.78, 5) is 4.02. The third kappa shape index (κ3) is 2.68. The Balaban J connectivity index is 2.78. The molecule has 1 aromatic rings. The van der Waals surface area contributed by atoms with Gasteiger partial charge < -0.3 is 15.6 Å². The Morgan fingerprint density at radius 2 is 2.46 bits per heavy atom. The van der Waals surface area contributed by atoms with Crippen LogP contribution >= 0.6 is 0 Å². The smallest absolute Gasteiger partial charge is 0.218 e. The Labute approximate surface area is 77.4 Å². The zero-order valence-corrected chi connectivity index (χ0v) is 7.60. The van der Waals surface area contributed by atoms with E-state index in [1.807, 2.05) is 19.1 Å². The molecule has 1 atom stereocenters. The summed E-state index contributed by atoms with van der Waals surface area (Å²) in [7, 11) is 0. The molecule has 72 valence electrons. The topological polar surface area (TPSA) is 68.4 Å². The van der Waals surface area contributed by atoms with Gasteiger partial charge in [0.15, 0.2) is 0 Å². The lowest BCUT2D eigenvalue weighted by Gasteiger charge is -2.11. The number of nitrogens with two attached hydrogens (primary N) is 1. The Morgan fingerprint density at radius 1 is 1.69 bits per heavy atom. The lowest BCUT2D eigenvalue weighted by atomic mass is 10.1. The molecular formula is C9H14N2O2. The molecule has 0 saturated carbocycles. The number of hydrogen-bond acceptors (Lipinski definition) is 4. The minimum atomic E-state index is -0.109. The largest absolute Gasteiger partial charge is 0.475 e. The molecule has 3 N–H and O–H groups in total. The molecule has 4 heteroatoms. The molecule has 13 heavy (non-hydrogen) atoms. The summed E-state index contributed by atoms with van der Waals surface area (Å²) < 4.78 is 5.21. The van der Waals surface area contributed by atoms with E-state index in [-0.39, 0.29) is 19.3 Å². The second-order valence-corrected chi connectivity index (χ2v) is 2.76. The maximum atomic E-state index is 8.57. The van der Waals surface area contributed by atoms with E-state index in [1.54, 1.807) is 6.20 Å². The molecule has 1 unspecified atom stereocenters. The van der Waals surface area contributed by atoms with Gasteiger partial charge in [-0.15, -0.1) is 0 Å². The molecule has 1 rings (SSSR count). The van der Waals surface area contributed by atoms with E-state index in [2.05, 4.69) is 4.98 Å². The van der Waals surface area contributed by atoms with Crippen LogP contribution in [0.5, 0.6) is 5.88 Å². The second-order valence-electron chi connectivity index (χ2n) is 2.76.